The summed E-state index contributed by atoms with van der Waals surface area (Å²) in [7, 11) is 0. The minimum Gasteiger partial charge on any atom is -0.474 e. The summed E-state index contributed by atoms with van der Waals surface area (Å²) >= 11 is 0. The number of aliphatic imine (C=N–C) groups is 1. The smallest absolute Gasteiger partial charge is 0.213 e. The first-order valence-corrected chi connectivity index (χ1v) is 8.50. The van der Waals surface area contributed by atoms with E-state index in [1.54, 1.807) is 6.20 Å². The SMILES string of the molecule is CCc1cccc(NC(N)=NCc2ccnc(OC3CCC3)c2)c1. The fourth-order valence-corrected chi connectivity index (χ4v) is 2.51. The summed E-state index contributed by atoms with van der Waals surface area (Å²) in [5, 5.41) is 3.13. The average molecular weight is 324 g/mol. The molecule has 0 unspecified atom stereocenters. The van der Waals surface area contributed by atoms with Gasteiger partial charge in [-0.2, -0.15) is 0 Å². The van der Waals surface area contributed by atoms with Crippen molar-refractivity contribution in [1.82, 2.24) is 4.98 Å². The van der Waals surface area contributed by atoms with E-state index >= 15 is 0 Å². The van der Waals surface area contributed by atoms with Crippen LogP contribution in [0.2, 0.25) is 0 Å². The number of hydrogen-bond donors (Lipinski definition) is 2. The third-order valence-corrected chi connectivity index (χ3v) is 4.18. The number of rotatable bonds is 6. The number of ether oxygens (including phenoxy) is 1. The fraction of sp³-hybridized carbons (Fsp3) is 0.368. The molecule has 1 aromatic carbocycles. The van der Waals surface area contributed by atoms with Crippen LogP contribution < -0.4 is 15.8 Å². The zero-order chi connectivity index (χ0) is 16.8. The number of nitrogens with one attached hydrogen (secondary N) is 1. The van der Waals surface area contributed by atoms with Gasteiger partial charge in [0.25, 0.3) is 0 Å². The van der Waals surface area contributed by atoms with Crippen LogP contribution in [0.15, 0.2) is 47.6 Å². The number of nitrogens with zero attached hydrogens (tertiary/aromatic N) is 2. The van der Waals surface area contributed by atoms with Crippen LogP contribution in [0.1, 0.15) is 37.3 Å². The number of guanidine groups is 1. The summed E-state index contributed by atoms with van der Waals surface area (Å²) in [5.41, 5.74) is 9.24. The largest absolute Gasteiger partial charge is 0.474 e. The van der Waals surface area contributed by atoms with Crippen molar-refractivity contribution in [3.8, 4) is 5.88 Å². The minimum absolute atomic E-state index is 0.328. The van der Waals surface area contributed by atoms with Crippen LogP contribution in [0.3, 0.4) is 0 Å². The van der Waals surface area contributed by atoms with Gasteiger partial charge in [0.05, 0.1) is 6.54 Å². The van der Waals surface area contributed by atoms with E-state index < -0.39 is 0 Å². The molecule has 24 heavy (non-hydrogen) atoms. The van der Waals surface area contributed by atoms with E-state index in [0.717, 1.165) is 30.5 Å². The quantitative estimate of drug-likeness (QED) is 0.630. The van der Waals surface area contributed by atoms with Gasteiger partial charge in [-0.25, -0.2) is 9.98 Å². The van der Waals surface area contributed by atoms with E-state index in [9.17, 15) is 0 Å². The van der Waals surface area contributed by atoms with Crippen LogP contribution >= 0.6 is 0 Å². The molecule has 0 radical (unpaired) electrons. The highest BCUT2D eigenvalue weighted by Gasteiger charge is 2.19. The maximum Gasteiger partial charge on any atom is 0.213 e. The number of anilines is 1. The Kier molecular flexibility index (Phi) is 5.31. The van der Waals surface area contributed by atoms with Crippen molar-refractivity contribution in [1.29, 1.82) is 0 Å². The van der Waals surface area contributed by atoms with Crippen molar-refractivity contribution in [3.05, 3.63) is 53.7 Å². The molecule has 1 fully saturated rings. The Bertz CT molecular complexity index is 710. The van der Waals surface area contributed by atoms with Gasteiger partial charge in [-0.3, -0.25) is 0 Å². The van der Waals surface area contributed by atoms with E-state index in [-0.39, 0.29) is 0 Å². The summed E-state index contributed by atoms with van der Waals surface area (Å²) in [5.74, 6) is 1.08. The lowest BCUT2D eigenvalue weighted by Crippen LogP contribution is -2.25. The van der Waals surface area contributed by atoms with Crippen LogP contribution in [0.25, 0.3) is 0 Å². The Labute approximate surface area is 143 Å². The first-order valence-electron chi connectivity index (χ1n) is 8.50. The Morgan fingerprint density at radius 3 is 2.92 bits per heavy atom. The molecule has 126 valence electrons. The maximum absolute atomic E-state index is 5.99. The van der Waals surface area contributed by atoms with Crippen LogP contribution in [-0.4, -0.2) is 17.0 Å². The van der Waals surface area contributed by atoms with Crippen LogP contribution in [0.4, 0.5) is 5.69 Å². The molecule has 1 heterocycles. The lowest BCUT2D eigenvalue weighted by Gasteiger charge is -2.25. The van der Waals surface area contributed by atoms with E-state index in [1.807, 2.05) is 24.3 Å². The van der Waals surface area contributed by atoms with Gasteiger partial charge in [0.2, 0.25) is 5.88 Å². The molecule has 0 amide bonds. The molecule has 0 saturated heterocycles. The molecule has 0 bridgehead atoms. The molecule has 3 N–H and O–H groups in total. The summed E-state index contributed by atoms with van der Waals surface area (Å²) in [6, 6.07) is 12.0. The Morgan fingerprint density at radius 1 is 1.29 bits per heavy atom. The van der Waals surface area contributed by atoms with Crippen molar-refractivity contribution < 1.29 is 4.74 Å². The van der Waals surface area contributed by atoms with Crippen molar-refractivity contribution in [2.75, 3.05) is 5.32 Å². The third kappa shape index (κ3) is 4.47. The first-order chi connectivity index (χ1) is 11.7. The molecule has 0 aliphatic heterocycles. The van der Waals surface area contributed by atoms with E-state index in [4.69, 9.17) is 10.5 Å². The van der Waals surface area contributed by atoms with Crippen molar-refractivity contribution in [3.63, 3.8) is 0 Å². The zero-order valence-electron chi connectivity index (χ0n) is 14.0. The van der Waals surface area contributed by atoms with Gasteiger partial charge in [-0.15, -0.1) is 0 Å². The molecule has 5 heteroatoms. The molecule has 5 nitrogen and oxygen atoms in total. The van der Waals surface area contributed by atoms with Gasteiger partial charge >= 0.3 is 0 Å². The lowest BCUT2D eigenvalue weighted by molar-refractivity contribution is 0.114. The van der Waals surface area contributed by atoms with Gasteiger partial charge in [-0.1, -0.05) is 19.1 Å². The average Bonchev–Trinajstić information content (AvgIpc) is 2.57. The summed E-state index contributed by atoms with van der Waals surface area (Å²) in [6.45, 7) is 2.62. The van der Waals surface area contributed by atoms with E-state index in [2.05, 4.69) is 34.3 Å². The number of aryl methyl sites for hydroxylation is 1. The second-order valence-corrected chi connectivity index (χ2v) is 6.05. The molecule has 1 saturated carbocycles. The standard InChI is InChI=1S/C19H24N4O/c1-2-14-5-3-6-16(11-14)23-19(20)22-13-15-9-10-21-18(12-15)24-17-7-4-8-17/h3,5-6,9-12,17H,2,4,7-8,13H2,1H3,(H3,20,22,23). The molecule has 0 spiro atoms. The van der Waals surface area contributed by atoms with Crippen molar-refractivity contribution in [2.24, 2.45) is 10.7 Å². The first kappa shape index (κ1) is 16.3. The summed E-state index contributed by atoms with van der Waals surface area (Å²) in [6.07, 6.45) is 6.57. The molecule has 1 aliphatic carbocycles. The van der Waals surface area contributed by atoms with Gasteiger partial charge in [0, 0.05) is 18.0 Å². The van der Waals surface area contributed by atoms with Crippen LogP contribution in [0, 0.1) is 0 Å². The monoisotopic (exact) mass is 324 g/mol. The highest BCUT2D eigenvalue weighted by atomic mass is 16.5. The molecule has 0 atom stereocenters. The Hall–Kier alpha value is -2.56. The number of pyridine rings is 1. The van der Waals surface area contributed by atoms with Gasteiger partial charge in [0.15, 0.2) is 5.96 Å². The molecule has 2 aromatic rings. The third-order valence-electron chi connectivity index (χ3n) is 4.18. The van der Waals surface area contributed by atoms with Crippen molar-refractivity contribution in [2.45, 2.75) is 45.3 Å². The number of benzene rings is 1. The second kappa shape index (κ2) is 7.81. The zero-order valence-corrected chi connectivity index (χ0v) is 14.0. The molecule has 3 rings (SSSR count). The normalized spacial score (nSPS) is 15.0. The number of aromatic nitrogens is 1. The van der Waals surface area contributed by atoms with E-state index in [0.29, 0.717) is 24.5 Å². The van der Waals surface area contributed by atoms with Gasteiger partial charge in [0.1, 0.15) is 6.10 Å². The van der Waals surface area contributed by atoms with Gasteiger partial charge < -0.3 is 15.8 Å². The fourth-order valence-electron chi connectivity index (χ4n) is 2.51. The summed E-state index contributed by atoms with van der Waals surface area (Å²) < 4.78 is 5.81. The summed E-state index contributed by atoms with van der Waals surface area (Å²) in [4.78, 5) is 8.66. The molecule has 1 aromatic heterocycles. The predicted molar refractivity (Wildman–Crippen MR) is 97.3 cm³/mol. The molecular weight excluding hydrogens is 300 g/mol. The van der Waals surface area contributed by atoms with Crippen LogP contribution in [-0.2, 0) is 13.0 Å². The highest BCUT2D eigenvalue weighted by Crippen LogP contribution is 2.24. The number of hydrogen-bond acceptors (Lipinski definition) is 3. The maximum atomic E-state index is 5.99. The van der Waals surface area contributed by atoms with Gasteiger partial charge in [-0.05, 0) is 55.0 Å². The topological polar surface area (TPSA) is 72.5 Å². The van der Waals surface area contributed by atoms with Crippen molar-refractivity contribution >= 4 is 11.6 Å². The highest BCUT2D eigenvalue weighted by molar-refractivity contribution is 5.92. The predicted octanol–water partition coefficient (Wildman–Crippen LogP) is 3.50. The Morgan fingerprint density at radius 2 is 2.17 bits per heavy atom. The Balaban J connectivity index is 1.58. The van der Waals surface area contributed by atoms with E-state index in [1.165, 1.54) is 12.0 Å². The number of nitrogens with two attached hydrogens (primary N) is 1. The van der Waals surface area contributed by atoms with Crippen LogP contribution in [0.5, 0.6) is 5.88 Å². The minimum atomic E-state index is 0.328. The lowest BCUT2D eigenvalue weighted by atomic mass is 9.96. The molecular formula is C19H24N4O. The second-order valence-electron chi connectivity index (χ2n) is 6.05. The molecule has 1 aliphatic rings.